The summed E-state index contributed by atoms with van der Waals surface area (Å²) < 4.78 is 0. The molecular formula is C22H26N4O2. The Kier molecular flexibility index (Phi) is 5.30. The quantitative estimate of drug-likeness (QED) is 0.860. The molecule has 0 aliphatic carbocycles. The lowest BCUT2D eigenvalue weighted by atomic mass is 9.94. The normalized spacial score (nSPS) is 19.4. The first-order chi connectivity index (χ1) is 13.6. The largest absolute Gasteiger partial charge is 0.336 e. The molecule has 2 aromatic rings. The highest BCUT2D eigenvalue weighted by Gasteiger charge is 2.23. The summed E-state index contributed by atoms with van der Waals surface area (Å²) in [5.74, 6) is 0.164. The summed E-state index contributed by atoms with van der Waals surface area (Å²) in [6, 6.07) is 16.0. The molecule has 0 saturated carbocycles. The smallest absolute Gasteiger partial charge is 0.319 e. The predicted octanol–water partition coefficient (Wildman–Crippen LogP) is 2.99. The van der Waals surface area contributed by atoms with Gasteiger partial charge in [-0.15, -0.1) is 0 Å². The van der Waals surface area contributed by atoms with E-state index in [1.54, 1.807) is 4.90 Å². The lowest BCUT2D eigenvalue weighted by Crippen LogP contribution is -2.46. The van der Waals surface area contributed by atoms with Crippen LogP contribution in [0, 0.1) is 0 Å². The molecule has 2 aliphatic rings. The number of benzene rings is 2. The zero-order chi connectivity index (χ0) is 19.5. The van der Waals surface area contributed by atoms with Crippen molar-refractivity contribution in [1.29, 1.82) is 0 Å². The lowest BCUT2D eigenvalue weighted by Gasteiger charge is -2.34. The Labute approximate surface area is 165 Å². The Balaban J connectivity index is 1.29. The van der Waals surface area contributed by atoms with Gasteiger partial charge in [-0.2, -0.15) is 0 Å². The molecule has 2 heterocycles. The van der Waals surface area contributed by atoms with Gasteiger partial charge < -0.3 is 15.5 Å². The number of nitrogens with zero attached hydrogens (tertiary/aromatic N) is 2. The van der Waals surface area contributed by atoms with E-state index in [4.69, 9.17) is 0 Å². The van der Waals surface area contributed by atoms with Crippen molar-refractivity contribution in [3.63, 3.8) is 0 Å². The topological polar surface area (TPSA) is 64.7 Å². The Morgan fingerprint density at radius 2 is 1.86 bits per heavy atom. The van der Waals surface area contributed by atoms with Crippen LogP contribution >= 0.6 is 0 Å². The van der Waals surface area contributed by atoms with Crippen LogP contribution in [0.5, 0.6) is 0 Å². The van der Waals surface area contributed by atoms with Gasteiger partial charge in [0.15, 0.2) is 0 Å². The molecule has 0 unspecified atom stereocenters. The summed E-state index contributed by atoms with van der Waals surface area (Å²) in [6.07, 6.45) is 2.45. The van der Waals surface area contributed by atoms with Gasteiger partial charge in [0.25, 0.3) is 0 Å². The van der Waals surface area contributed by atoms with Crippen LogP contribution in [0.15, 0.2) is 48.5 Å². The van der Waals surface area contributed by atoms with Gasteiger partial charge in [0, 0.05) is 43.5 Å². The third-order valence-corrected chi connectivity index (χ3v) is 5.63. The summed E-state index contributed by atoms with van der Waals surface area (Å²) in [6.45, 7) is 2.27. The standard InChI is InChI=1S/C22H26N4O2/c1-25-15-17-6-3-2-5-16(17)13-20(25)14-23-22(28)24-18-8-10-19(11-9-18)26-12-4-7-21(26)27/h2-3,5-6,8-11,20H,4,7,12-15H2,1H3,(H2,23,24,28)/t20-/m0/s1. The van der Waals surface area contributed by atoms with E-state index in [1.165, 1.54) is 11.1 Å². The van der Waals surface area contributed by atoms with Crippen molar-refractivity contribution in [2.75, 3.05) is 30.4 Å². The number of carbonyl (C=O) groups excluding carboxylic acids is 2. The number of nitrogens with one attached hydrogen (secondary N) is 2. The van der Waals surface area contributed by atoms with Gasteiger partial charge in [-0.3, -0.25) is 9.69 Å². The van der Waals surface area contributed by atoms with E-state index in [2.05, 4.69) is 46.8 Å². The van der Waals surface area contributed by atoms with Crippen LogP contribution in [0.4, 0.5) is 16.2 Å². The van der Waals surface area contributed by atoms with Crippen LogP contribution < -0.4 is 15.5 Å². The molecule has 3 amide bonds. The third kappa shape index (κ3) is 4.02. The number of hydrogen-bond donors (Lipinski definition) is 2. The second-order valence-corrected chi connectivity index (χ2v) is 7.57. The zero-order valence-electron chi connectivity index (χ0n) is 16.1. The van der Waals surface area contributed by atoms with Gasteiger partial charge in [-0.25, -0.2) is 4.79 Å². The second kappa shape index (κ2) is 8.02. The number of fused-ring (bicyclic) bond motifs is 1. The van der Waals surface area contributed by atoms with E-state index >= 15 is 0 Å². The van der Waals surface area contributed by atoms with E-state index in [0.29, 0.717) is 13.0 Å². The van der Waals surface area contributed by atoms with Crippen LogP contribution in [0.25, 0.3) is 0 Å². The summed E-state index contributed by atoms with van der Waals surface area (Å²) in [7, 11) is 2.10. The fraction of sp³-hybridized carbons (Fsp3) is 0.364. The fourth-order valence-electron chi connectivity index (χ4n) is 3.98. The summed E-state index contributed by atoms with van der Waals surface area (Å²) in [4.78, 5) is 28.2. The molecule has 0 spiro atoms. The molecule has 0 radical (unpaired) electrons. The Morgan fingerprint density at radius 1 is 1.11 bits per heavy atom. The van der Waals surface area contributed by atoms with Gasteiger partial charge >= 0.3 is 6.03 Å². The SMILES string of the molecule is CN1Cc2ccccc2C[C@H]1CNC(=O)Nc1ccc(N2CCCC2=O)cc1. The van der Waals surface area contributed by atoms with Crippen molar-refractivity contribution in [3.8, 4) is 0 Å². The number of carbonyl (C=O) groups is 2. The molecular weight excluding hydrogens is 352 g/mol. The summed E-state index contributed by atoms with van der Waals surface area (Å²) in [5.41, 5.74) is 4.33. The fourth-order valence-corrected chi connectivity index (χ4v) is 3.98. The minimum atomic E-state index is -0.211. The molecule has 28 heavy (non-hydrogen) atoms. The highest BCUT2D eigenvalue weighted by Crippen LogP contribution is 2.23. The maximum atomic E-state index is 12.3. The first-order valence-electron chi connectivity index (χ1n) is 9.82. The highest BCUT2D eigenvalue weighted by molar-refractivity contribution is 5.96. The van der Waals surface area contributed by atoms with Gasteiger partial charge in [0.1, 0.15) is 0 Å². The molecule has 0 aromatic heterocycles. The average molecular weight is 378 g/mol. The Morgan fingerprint density at radius 3 is 2.57 bits per heavy atom. The number of hydrogen-bond acceptors (Lipinski definition) is 3. The van der Waals surface area contributed by atoms with Crippen molar-refractivity contribution in [3.05, 3.63) is 59.7 Å². The molecule has 6 nitrogen and oxygen atoms in total. The number of rotatable bonds is 4. The van der Waals surface area contributed by atoms with Gasteiger partial charge in [-0.1, -0.05) is 24.3 Å². The number of likely N-dealkylation sites (N-methyl/N-ethyl adjacent to an activating group) is 1. The Bertz CT molecular complexity index is 865. The van der Waals surface area contributed by atoms with E-state index in [9.17, 15) is 9.59 Å². The van der Waals surface area contributed by atoms with Crippen molar-refractivity contribution in [2.24, 2.45) is 0 Å². The monoisotopic (exact) mass is 378 g/mol. The number of anilines is 2. The van der Waals surface area contributed by atoms with Crippen LogP contribution in [0.3, 0.4) is 0 Å². The van der Waals surface area contributed by atoms with Gasteiger partial charge in [0.2, 0.25) is 5.91 Å². The van der Waals surface area contributed by atoms with Crippen molar-refractivity contribution in [1.82, 2.24) is 10.2 Å². The maximum Gasteiger partial charge on any atom is 0.319 e. The molecule has 2 N–H and O–H groups in total. The van der Waals surface area contributed by atoms with Crippen LogP contribution in [0.1, 0.15) is 24.0 Å². The Hall–Kier alpha value is -2.86. The van der Waals surface area contributed by atoms with Crippen molar-refractivity contribution in [2.45, 2.75) is 31.8 Å². The molecule has 1 fully saturated rings. The summed E-state index contributed by atoms with van der Waals surface area (Å²) >= 11 is 0. The molecule has 146 valence electrons. The minimum absolute atomic E-state index is 0.164. The van der Waals surface area contributed by atoms with Gasteiger partial charge in [0.05, 0.1) is 0 Å². The van der Waals surface area contributed by atoms with Crippen molar-refractivity contribution < 1.29 is 9.59 Å². The molecule has 0 bridgehead atoms. The summed E-state index contributed by atoms with van der Waals surface area (Å²) in [5, 5.41) is 5.86. The molecule has 1 saturated heterocycles. The van der Waals surface area contributed by atoms with Crippen molar-refractivity contribution >= 4 is 23.3 Å². The predicted molar refractivity (Wildman–Crippen MR) is 110 cm³/mol. The molecule has 6 heteroatoms. The van der Waals surface area contributed by atoms with E-state index in [-0.39, 0.29) is 18.0 Å². The van der Waals surface area contributed by atoms with Crippen LogP contribution in [-0.2, 0) is 17.8 Å². The first-order valence-corrected chi connectivity index (χ1v) is 9.82. The van der Waals surface area contributed by atoms with E-state index < -0.39 is 0 Å². The van der Waals surface area contributed by atoms with Crippen LogP contribution in [-0.4, -0.2) is 43.0 Å². The average Bonchev–Trinajstić information content (AvgIpc) is 3.13. The number of amides is 3. The molecule has 1 atom stereocenters. The van der Waals surface area contributed by atoms with E-state index in [1.807, 2.05) is 24.3 Å². The number of urea groups is 1. The highest BCUT2D eigenvalue weighted by atomic mass is 16.2. The minimum Gasteiger partial charge on any atom is -0.336 e. The molecule has 2 aliphatic heterocycles. The molecule has 2 aromatic carbocycles. The third-order valence-electron chi connectivity index (χ3n) is 5.63. The first kappa shape index (κ1) is 18.5. The van der Waals surface area contributed by atoms with Gasteiger partial charge in [-0.05, 0) is 55.3 Å². The second-order valence-electron chi connectivity index (χ2n) is 7.57. The van der Waals surface area contributed by atoms with E-state index in [0.717, 1.165) is 37.3 Å². The zero-order valence-corrected chi connectivity index (χ0v) is 16.1. The van der Waals surface area contributed by atoms with Crippen LogP contribution in [0.2, 0.25) is 0 Å². The molecule has 4 rings (SSSR count). The lowest BCUT2D eigenvalue weighted by molar-refractivity contribution is -0.117. The maximum absolute atomic E-state index is 12.3.